The molecule has 0 radical (unpaired) electrons. The number of ether oxygens (including phenoxy) is 1. The van der Waals surface area contributed by atoms with Crippen LogP contribution >= 0.6 is 24.8 Å². The SMILES string of the molecule is Cl.Cl.NC(C(=O)N1CCCN(Cc2ccc(C(F)(F)F)cc2)CC1)C1CCOCC1. The number of rotatable bonds is 4. The lowest BCUT2D eigenvalue weighted by Crippen LogP contribution is -2.49. The van der Waals surface area contributed by atoms with Crippen LogP contribution < -0.4 is 5.73 Å². The van der Waals surface area contributed by atoms with Crippen LogP contribution in [0.1, 0.15) is 30.4 Å². The minimum absolute atomic E-state index is 0. The maximum atomic E-state index is 12.8. The maximum Gasteiger partial charge on any atom is 0.416 e. The molecule has 1 atom stereocenters. The summed E-state index contributed by atoms with van der Waals surface area (Å²) in [5, 5.41) is 0. The van der Waals surface area contributed by atoms with Gasteiger partial charge in [-0.1, -0.05) is 12.1 Å². The van der Waals surface area contributed by atoms with Crippen LogP contribution in [0.2, 0.25) is 0 Å². The number of carbonyl (C=O) groups is 1. The third kappa shape index (κ3) is 7.27. The minimum atomic E-state index is -4.31. The van der Waals surface area contributed by atoms with E-state index in [9.17, 15) is 18.0 Å². The molecule has 0 aliphatic carbocycles. The molecule has 172 valence electrons. The number of benzene rings is 1. The van der Waals surface area contributed by atoms with Crippen molar-refractivity contribution in [1.29, 1.82) is 0 Å². The van der Waals surface area contributed by atoms with Crippen molar-refractivity contribution >= 4 is 30.7 Å². The molecule has 0 spiro atoms. The van der Waals surface area contributed by atoms with E-state index in [-0.39, 0.29) is 36.6 Å². The molecule has 3 rings (SSSR count). The number of nitrogens with two attached hydrogens (primary N) is 1. The molecular formula is C20H30Cl2F3N3O2. The van der Waals surface area contributed by atoms with Crippen molar-refractivity contribution in [2.75, 3.05) is 39.4 Å². The van der Waals surface area contributed by atoms with Crippen LogP contribution in [0.4, 0.5) is 13.2 Å². The molecule has 2 saturated heterocycles. The second-order valence-electron chi connectivity index (χ2n) is 7.63. The summed E-state index contributed by atoms with van der Waals surface area (Å²) in [4.78, 5) is 16.8. The zero-order chi connectivity index (χ0) is 20.1. The summed E-state index contributed by atoms with van der Waals surface area (Å²) in [6, 6.07) is 4.81. The monoisotopic (exact) mass is 471 g/mol. The van der Waals surface area contributed by atoms with Crippen LogP contribution in [-0.4, -0.2) is 61.1 Å². The van der Waals surface area contributed by atoms with Gasteiger partial charge in [-0.2, -0.15) is 13.2 Å². The van der Waals surface area contributed by atoms with E-state index in [2.05, 4.69) is 4.90 Å². The molecule has 1 aromatic carbocycles. The molecule has 2 N–H and O–H groups in total. The summed E-state index contributed by atoms with van der Waals surface area (Å²) < 4.78 is 43.4. The van der Waals surface area contributed by atoms with E-state index in [1.54, 1.807) is 0 Å². The van der Waals surface area contributed by atoms with Gasteiger partial charge in [0.2, 0.25) is 5.91 Å². The highest BCUT2D eigenvalue weighted by Crippen LogP contribution is 2.29. The van der Waals surface area contributed by atoms with E-state index >= 15 is 0 Å². The highest BCUT2D eigenvalue weighted by atomic mass is 35.5. The summed E-state index contributed by atoms with van der Waals surface area (Å²) in [6.45, 7) is 4.64. The van der Waals surface area contributed by atoms with Crippen LogP contribution in [0.25, 0.3) is 0 Å². The van der Waals surface area contributed by atoms with Crippen molar-refractivity contribution in [3.05, 3.63) is 35.4 Å². The van der Waals surface area contributed by atoms with Gasteiger partial charge in [0.05, 0.1) is 11.6 Å². The quantitative estimate of drug-likeness (QED) is 0.731. The number of alkyl halides is 3. The number of nitrogens with zero attached hydrogens (tertiary/aromatic N) is 2. The Morgan fingerprint density at radius 2 is 1.70 bits per heavy atom. The predicted molar refractivity (Wildman–Crippen MR) is 114 cm³/mol. The number of halogens is 5. The van der Waals surface area contributed by atoms with Crippen molar-refractivity contribution in [2.24, 2.45) is 11.7 Å². The van der Waals surface area contributed by atoms with Crippen LogP contribution in [-0.2, 0) is 22.3 Å². The molecular weight excluding hydrogens is 442 g/mol. The first-order chi connectivity index (χ1) is 13.3. The van der Waals surface area contributed by atoms with Gasteiger partial charge in [-0.15, -0.1) is 24.8 Å². The first-order valence-electron chi connectivity index (χ1n) is 9.85. The van der Waals surface area contributed by atoms with E-state index < -0.39 is 17.8 Å². The molecule has 1 aromatic rings. The normalized spacial score (nSPS) is 19.9. The Labute approximate surface area is 187 Å². The maximum absolute atomic E-state index is 12.8. The molecule has 30 heavy (non-hydrogen) atoms. The molecule has 0 bridgehead atoms. The second kappa shape index (κ2) is 12.1. The number of hydrogen-bond acceptors (Lipinski definition) is 4. The van der Waals surface area contributed by atoms with Crippen molar-refractivity contribution in [2.45, 2.75) is 38.0 Å². The fourth-order valence-electron chi connectivity index (χ4n) is 3.89. The Balaban J connectivity index is 0.00000225. The highest BCUT2D eigenvalue weighted by Gasteiger charge is 2.31. The fourth-order valence-corrected chi connectivity index (χ4v) is 3.89. The van der Waals surface area contributed by atoms with Crippen LogP contribution in [0.15, 0.2) is 24.3 Å². The molecule has 2 aliphatic heterocycles. The number of carbonyl (C=O) groups excluding carboxylic acids is 1. The van der Waals surface area contributed by atoms with Crippen molar-refractivity contribution in [3.8, 4) is 0 Å². The predicted octanol–water partition coefficient (Wildman–Crippen LogP) is 3.34. The molecule has 0 saturated carbocycles. The number of hydrogen-bond donors (Lipinski definition) is 1. The molecule has 2 fully saturated rings. The average Bonchev–Trinajstić information content (AvgIpc) is 2.93. The summed E-state index contributed by atoms with van der Waals surface area (Å²) >= 11 is 0. The van der Waals surface area contributed by atoms with Crippen LogP contribution in [0.5, 0.6) is 0 Å². The molecule has 2 heterocycles. The smallest absolute Gasteiger partial charge is 0.381 e. The molecule has 1 amide bonds. The third-order valence-electron chi connectivity index (χ3n) is 5.65. The van der Waals surface area contributed by atoms with Crippen LogP contribution in [0, 0.1) is 5.92 Å². The first kappa shape index (κ1) is 27.0. The summed E-state index contributed by atoms with van der Waals surface area (Å²) in [5.74, 6) is 0.177. The lowest BCUT2D eigenvalue weighted by Gasteiger charge is -2.31. The molecule has 1 unspecified atom stereocenters. The Kier molecular flexibility index (Phi) is 10.9. The topological polar surface area (TPSA) is 58.8 Å². The molecule has 5 nitrogen and oxygen atoms in total. The lowest BCUT2D eigenvalue weighted by molar-refractivity contribution is -0.137. The van der Waals surface area contributed by atoms with Gasteiger partial charge < -0.3 is 15.4 Å². The van der Waals surface area contributed by atoms with E-state index in [0.29, 0.717) is 39.4 Å². The summed E-state index contributed by atoms with van der Waals surface area (Å²) in [6.07, 6.45) is -1.85. The van der Waals surface area contributed by atoms with Gasteiger partial charge in [0.25, 0.3) is 0 Å². The standard InChI is InChI=1S/C20H28F3N3O2.2ClH/c21-20(22,23)17-4-2-15(3-5-17)14-25-8-1-9-26(11-10-25)19(27)18(24)16-6-12-28-13-7-16;;/h2-5,16,18H,1,6-14,24H2;2*1H. The Hall–Kier alpha value is -1.06. The Morgan fingerprint density at radius 3 is 2.30 bits per heavy atom. The first-order valence-corrected chi connectivity index (χ1v) is 9.85. The van der Waals surface area contributed by atoms with Gasteiger partial charge in [0.1, 0.15) is 0 Å². The zero-order valence-corrected chi connectivity index (χ0v) is 18.4. The number of amides is 1. The van der Waals surface area contributed by atoms with Gasteiger partial charge >= 0.3 is 6.18 Å². The highest BCUT2D eigenvalue weighted by molar-refractivity contribution is 5.85. The molecule has 0 aromatic heterocycles. The van der Waals surface area contributed by atoms with E-state index in [4.69, 9.17) is 10.5 Å². The van der Waals surface area contributed by atoms with Gasteiger partial charge in [-0.25, -0.2) is 0 Å². The van der Waals surface area contributed by atoms with E-state index in [0.717, 1.165) is 43.5 Å². The van der Waals surface area contributed by atoms with Gasteiger partial charge in [0.15, 0.2) is 0 Å². The van der Waals surface area contributed by atoms with Crippen molar-refractivity contribution in [3.63, 3.8) is 0 Å². The van der Waals surface area contributed by atoms with Crippen molar-refractivity contribution in [1.82, 2.24) is 9.80 Å². The summed E-state index contributed by atoms with van der Waals surface area (Å²) in [7, 11) is 0. The largest absolute Gasteiger partial charge is 0.416 e. The van der Waals surface area contributed by atoms with Gasteiger partial charge in [0, 0.05) is 45.9 Å². The van der Waals surface area contributed by atoms with Gasteiger partial charge in [-0.05, 0) is 42.9 Å². The average molecular weight is 472 g/mol. The third-order valence-corrected chi connectivity index (χ3v) is 5.65. The fraction of sp³-hybridized carbons (Fsp3) is 0.650. The zero-order valence-electron chi connectivity index (χ0n) is 16.8. The minimum Gasteiger partial charge on any atom is -0.381 e. The molecule has 2 aliphatic rings. The second-order valence-corrected chi connectivity index (χ2v) is 7.63. The summed E-state index contributed by atoms with van der Waals surface area (Å²) in [5.41, 5.74) is 6.44. The van der Waals surface area contributed by atoms with Crippen LogP contribution in [0.3, 0.4) is 0 Å². The Bertz CT molecular complexity index is 656. The Morgan fingerprint density at radius 1 is 1.07 bits per heavy atom. The lowest BCUT2D eigenvalue weighted by atomic mass is 9.91. The van der Waals surface area contributed by atoms with E-state index in [1.807, 2.05) is 4.90 Å². The van der Waals surface area contributed by atoms with E-state index in [1.165, 1.54) is 12.1 Å². The van der Waals surface area contributed by atoms with Crippen molar-refractivity contribution < 1.29 is 22.7 Å². The van der Waals surface area contributed by atoms with Gasteiger partial charge in [-0.3, -0.25) is 9.69 Å². The molecule has 10 heteroatoms.